The molecule has 9 nitrogen and oxygen atoms in total. The minimum atomic E-state index is 0. The van der Waals surface area contributed by atoms with Gasteiger partial charge in [0.1, 0.15) is 56.9 Å². The van der Waals surface area contributed by atoms with Gasteiger partial charge in [0.25, 0.3) is 0 Å². The maximum Gasteiger partial charge on any atom is 0.119 e. The quantitative estimate of drug-likeness (QED) is 0.390. The first-order chi connectivity index (χ1) is 9.00. The van der Waals surface area contributed by atoms with E-state index in [-0.39, 0.29) is 37.2 Å². The van der Waals surface area contributed by atoms with Crippen molar-refractivity contribution in [1.29, 1.82) is 0 Å². The summed E-state index contributed by atoms with van der Waals surface area (Å²) in [5.74, 6) is 0. The van der Waals surface area contributed by atoms with Crippen LogP contribution in [0.3, 0.4) is 0 Å². The summed E-state index contributed by atoms with van der Waals surface area (Å²) in [7, 11) is 0. The van der Waals surface area contributed by atoms with Crippen LogP contribution in [0.2, 0.25) is 0 Å². The van der Waals surface area contributed by atoms with E-state index >= 15 is 0 Å². The Morgan fingerprint density at radius 2 is 0.333 bits per heavy atom. The van der Waals surface area contributed by atoms with Crippen molar-refractivity contribution in [2.75, 3.05) is 0 Å². The topological polar surface area (TPSA) is 116 Å². The molecule has 3 aromatic rings. The molecule has 0 amide bonds. The number of halogens is 3. The average molecular weight is 350 g/mol. The number of rotatable bonds is 0. The number of aromatic nitrogens is 9. The van der Waals surface area contributed by atoms with Crippen molar-refractivity contribution in [1.82, 2.24) is 44.9 Å². The van der Waals surface area contributed by atoms with Gasteiger partial charge in [0.05, 0.1) is 0 Å². The van der Waals surface area contributed by atoms with Crippen molar-refractivity contribution in [3.05, 3.63) is 56.9 Å². The van der Waals surface area contributed by atoms with Crippen molar-refractivity contribution in [2.45, 2.75) is 0 Å². The van der Waals surface area contributed by atoms with Crippen molar-refractivity contribution >= 4 is 0 Å². The predicted octanol–water partition coefficient (Wildman–Crippen LogP) is -9.37. The van der Waals surface area contributed by atoms with E-state index in [1.165, 1.54) is 56.9 Å². The second-order valence-corrected chi connectivity index (χ2v) is 2.38. The fourth-order valence-electron chi connectivity index (χ4n) is 0.615. The zero-order valence-electron chi connectivity index (χ0n) is 10.4. The third kappa shape index (κ3) is 17.9. The minimum absolute atomic E-state index is 0. The van der Waals surface area contributed by atoms with E-state index < -0.39 is 0 Å². The molecule has 3 aromatic heterocycles. The van der Waals surface area contributed by atoms with Crippen LogP contribution in [0, 0.1) is 0 Å². The molecule has 0 radical (unpaired) electrons. The standard InChI is InChI=1S/3C3H3N3.3ClH/c3*1-4-2-6-3-5-1;;;/h3*1-3H;3*1H/p-3. The van der Waals surface area contributed by atoms with Crippen LogP contribution >= 0.6 is 0 Å². The molecule has 3 heterocycles. The molecule has 0 aliphatic rings. The molecule has 0 aliphatic carbocycles. The van der Waals surface area contributed by atoms with Gasteiger partial charge >= 0.3 is 0 Å². The van der Waals surface area contributed by atoms with Gasteiger partial charge in [-0.1, -0.05) is 0 Å². The van der Waals surface area contributed by atoms with E-state index in [4.69, 9.17) is 0 Å². The summed E-state index contributed by atoms with van der Waals surface area (Å²) in [6, 6.07) is 0. The lowest BCUT2D eigenvalue weighted by molar-refractivity contribution is -0.001000. The Labute approximate surface area is 139 Å². The highest BCUT2D eigenvalue weighted by Gasteiger charge is 1.60. The van der Waals surface area contributed by atoms with Gasteiger partial charge in [-0.3, -0.25) is 0 Å². The van der Waals surface area contributed by atoms with Crippen LogP contribution in [0.15, 0.2) is 56.9 Å². The number of hydrogen-bond donors (Lipinski definition) is 0. The van der Waals surface area contributed by atoms with Crippen LogP contribution in [0.5, 0.6) is 0 Å². The summed E-state index contributed by atoms with van der Waals surface area (Å²) in [6.45, 7) is 0. The first-order valence-corrected chi connectivity index (χ1v) is 4.65. The van der Waals surface area contributed by atoms with E-state index in [0.29, 0.717) is 0 Å². The minimum Gasteiger partial charge on any atom is -1.00 e. The van der Waals surface area contributed by atoms with E-state index in [9.17, 15) is 0 Å². The maximum absolute atomic E-state index is 3.56. The molecule has 0 N–H and O–H groups in total. The molecular weight excluding hydrogens is 341 g/mol. The Hall–Kier alpha value is -2.10. The molecule has 0 bridgehead atoms. The van der Waals surface area contributed by atoms with Crippen LogP contribution in [0.4, 0.5) is 0 Å². The monoisotopic (exact) mass is 348 g/mol. The van der Waals surface area contributed by atoms with Gasteiger partial charge in [0.2, 0.25) is 0 Å². The van der Waals surface area contributed by atoms with Crippen LogP contribution in [-0.4, -0.2) is 44.9 Å². The lowest BCUT2D eigenvalue weighted by Gasteiger charge is -1.69. The number of nitrogens with zero attached hydrogens (tertiary/aromatic N) is 9. The zero-order valence-corrected chi connectivity index (χ0v) is 12.6. The van der Waals surface area contributed by atoms with E-state index in [2.05, 4.69) is 44.9 Å². The third-order valence-electron chi connectivity index (χ3n) is 1.20. The van der Waals surface area contributed by atoms with Crippen LogP contribution < -0.4 is 37.2 Å². The molecule has 0 unspecified atom stereocenters. The number of hydrogen-bond acceptors (Lipinski definition) is 9. The van der Waals surface area contributed by atoms with Crippen LogP contribution in [-0.2, 0) is 0 Å². The van der Waals surface area contributed by atoms with Gasteiger partial charge in [-0.15, -0.1) is 0 Å². The molecule has 21 heavy (non-hydrogen) atoms. The normalized spacial score (nSPS) is 6.86. The Morgan fingerprint density at radius 3 is 0.381 bits per heavy atom. The molecule has 0 saturated carbocycles. The molecule has 0 aromatic carbocycles. The van der Waals surface area contributed by atoms with Gasteiger partial charge in [-0.2, -0.15) is 0 Å². The fourth-order valence-corrected chi connectivity index (χ4v) is 0.615. The summed E-state index contributed by atoms with van der Waals surface area (Å²) in [5.41, 5.74) is 0. The molecule has 0 spiro atoms. The fraction of sp³-hybridized carbons (Fsp3) is 0. The smallest absolute Gasteiger partial charge is 0.119 e. The highest BCUT2D eigenvalue weighted by Crippen LogP contribution is 1.58. The average Bonchev–Trinajstić information content (AvgIpc) is 2.54. The van der Waals surface area contributed by atoms with Crippen molar-refractivity contribution in [2.24, 2.45) is 0 Å². The van der Waals surface area contributed by atoms with Crippen molar-refractivity contribution in [3.63, 3.8) is 0 Å². The Balaban J connectivity index is -0.000000216. The van der Waals surface area contributed by atoms with Gasteiger partial charge in [0.15, 0.2) is 0 Å². The summed E-state index contributed by atoms with van der Waals surface area (Å²) in [6.07, 6.45) is 12.9. The summed E-state index contributed by atoms with van der Waals surface area (Å²) in [4.78, 5) is 32.1. The van der Waals surface area contributed by atoms with E-state index in [0.717, 1.165) is 0 Å². The van der Waals surface area contributed by atoms with E-state index in [1.54, 1.807) is 0 Å². The molecule has 0 atom stereocenters. The van der Waals surface area contributed by atoms with E-state index in [1.807, 2.05) is 0 Å². The molecule has 3 rings (SSSR count). The summed E-state index contributed by atoms with van der Waals surface area (Å²) in [5, 5.41) is 0. The SMILES string of the molecule is [Cl-].[Cl-].[Cl-].c1ncncn1.c1ncncn1.c1ncncn1. The molecule has 12 heteroatoms. The van der Waals surface area contributed by atoms with Crippen molar-refractivity contribution in [3.8, 4) is 0 Å². The molecule has 114 valence electrons. The Morgan fingerprint density at radius 1 is 0.238 bits per heavy atom. The zero-order chi connectivity index (χ0) is 12.7. The van der Waals surface area contributed by atoms with Crippen LogP contribution in [0.25, 0.3) is 0 Å². The molecule has 0 aliphatic heterocycles. The first kappa shape index (κ1) is 24.0. The lowest BCUT2D eigenvalue weighted by atomic mass is 11.1. The highest BCUT2D eigenvalue weighted by atomic mass is 35.5. The van der Waals surface area contributed by atoms with Gasteiger partial charge in [-0.25, -0.2) is 44.9 Å². The van der Waals surface area contributed by atoms with Crippen LogP contribution in [0.1, 0.15) is 0 Å². The molecule has 0 fully saturated rings. The highest BCUT2D eigenvalue weighted by molar-refractivity contribution is 4.52. The third-order valence-corrected chi connectivity index (χ3v) is 1.20. The Kier molecular flexibility index (Phi) is 23.1. The molecule has 0 saturated heterocycles. The van der Waals surface area contributed by atoms with Gasteiger partial charge in [-0.05, 0) is 0 Å². The lowest BCUT2D eigenvalue weighted by Crippen LogP contribution is -3.00. The maximum atomic E-state index is 3.56. The summed E-state index contributed by atoms with van der Waals surface area (Å²) < 4.78 is 0. The summed E-state index contributed by atoms with van der Waals surface area (Å²) >= 11 is 0. The Bertz CT molecular complexity index is 321. The van der Waals surface area contributed by atoms with Gasteiger partial charge < -0.3 is 37.2 Å². The van der Waals surface area contributed by atoms with Gasteiger partial charge in [0, 0.05) is 0 Å². The van der Waals surface area contributed by atoms with Crippen molar-refractivity contribution < 1.29 is 37.2 Å². The second-order valence-electron chi connectivity index (χ2n) is 2.38. The predicted molar refractivity (Wildman–Crippen MR) is 59.5 cm³/mol. The molecular formula is C9H9Cl3N9-3. The second kappa shape index (κ2) is 20.2. The first-order valence-electron chi connectivity index (χ1n) is 4.65. The largest absolute Gasteiger partial charge is 1.00 e.